The molecule has 0 bridgehead atoms. The van der Waals surface area contributed by atoms with Crippen LogP contribution in [0.3, 0.4) is 0 Å². The molecule has 0 amide bonds. The van der Waals surface area contributed by atoms with E-state index in [0.29, 0.717) is 11.6 Å². The monoisotopic (exact) mass is 226 g/mol. The second kappa shape index (κ2) is 4.06. The van der Waals surface area contributed by atoms with E-state index in [-0.39, 0.29) is 5.41 Å². The molecule has 0 spiro atoms. The van der Waals surface area contributed by atoms with Crippen molar-refractivity contribution in [3.8, 4) is 0 Å². The van der Waals surface area contributed by atoms with E-state index in [2.05, 4.69) is 20.8 Å². The maximum Gasteiger partial charge on any atom is 0.529 e. The lowest BCUT2D eigenvalue weighted by Gasteiger charge is -2.22. The molecule has 0 aromatic heterocycles. The molecular weight excluding hydrogens is 208 g/mol. The van der Waals surface area contributed by atoms with Crippen LogP contribution >= 0.6 is 0 Å². The summed E-state index contributed by atoms with van der Waals surface area (Å²) in [7, 11) is -4.18. The molecule has 3 N–H and O–H groups in total. The summed E-state index contributed by atoms with van der Waals surface area (Å²) >= 11 is 0. The van der Waals surface area contributed by atoms with Crippen LogP contribution in [0.1, 0.15) is 26.3 Å². The molecule has 0 fully saturated rings. The highest BCUT2D eigenvalue weighted by molar-refractivity contribution is 6.72. The number of hydrogen-bond acceptors (Lipinski definition) is 3. The third kappa shape index (κ3) is 3.75. The Bertz CT molecular complexity index is 336. The predicted molar refractivity (Wildman–Crippen MR) is 61.6 cm³/mol. The predicted octanol–water partition coefficient (Wildman–Crippen LogP) is 0.398. The third-order valence-corrected chi connectivity index (χ3v) is 3.31. The first-order chi connectivity index (χ1) is 6.70. The number of hydrogen-bond donors (Lipinski definition) is 3. The smallest absolute Gasteiger partial charge is 0.386 e. The third-order valence-electron chi connectivity index (χ3n) is 2.10. The molecule has 1 rings (SSSR count). The Morgan fingerprint density at radius 1 is 1.07 bits per heavy atom. The van der Waals surface area contributed by atoms with E-state index in [9.17, 15) is 14.4 Å². The molecule has 0 aliphatic rings. The fourth-order valence-corrected chi connectivity index (χ4v) is 2.50. The van der Waals surface area contributed by atoms with Gasteiger partial charge in [0.1, 0.15) is 0 Å². The average Bonchev–Trinajstić information content (AvgIpc) is 1.99. The number of benzene rings is 1. The van der Waals surface area contributed by atoms with Gasteiger partial charge in [-0.05, 0) is 17.4 Å². The fraction of sp³-hybridized carbons (Fsp3) is 0.455. The highest BCUT2D eigenvalue weighted by Crippen LogP contribution is 2.19. The molecule has 3 nitrogen and oxygen atoms in total. The summed E-state index contributed by atoms with van der Waals surface area (Å²) in [5, 5.41) is 0.292. The molecule has 0 saturated heterocycles. The molecular formula is C11H18O3Si. The van der Waals surface area contributed by atoms with Gasteiger partial charge >= 0.3 is 8.80 Å². The van der Waals surface area contributed by atoms with Crippen LogP contribution in [0.5, 0.6) is 0 Å². The minimum atomic E-state index is -4.18. The summed E-state index contributed by atoms with van der Waals surface area (Å²) in [5.74, 6) is 0. The van der Waals surface area contributed by atoms with Crippen LogP contribution in [-0.4, -0.2) is 23.2 Å². The largest absolute Gasteiger partial charge is 0.529 e. The van der Waals surface area contributed by atoms with Gasteiger partial charge in [0.15, 0.2) is 0 Å². The van der Waals surface area contributed by atoms with E-state index in [1.807, 2.05) is 12.1 Å². The normalized spacial score (nSPS) is 12.9. The first-order valence-corrected chi connectivity index (χ1v) is 6.80. The molecule has 0 aliphatic carbocycles. The Hall–Kier alpha value is -0.683. The van der Waals surface area contributed by atoms with E-state index in [4.69, 9.17) is 0 Å². The summed E-state index contributed by atoms with van der Waals surface area (Å²) < 4.78 is 0. The highest BCUT2D eigenvalue weighted by Gasteiger charge is 2.33. The fourth-order valence-electron chi connectivity index (χ4n) is 1.57. The second-order valence-corrected chi connectivity index (χ2v) is 6.84. The van der Waals surface area contributed by atoms with Crippen LogP contribution in [0.25, 0.3) is 0 Å². The highest BCUT2D eigenvalue weighted by atomic mass is 28.4. The molecule has 0 unspecified atom stereocenters. The van der Waals surface area contributed by atoms with E-state index in [0.717, 1.165) is 5.56 Å². The van der Waals surface area contributed by atoms with E-state index < -0.39 is 8.80 Å². The lowest BCUT2D eigenvalue weighted by atomic mass is 9.88. The minimum Gasteiger partial charge on any atom is -0.386 e. The molecule has 84 valence electrons. The Kier molecular flexibility index (Phi) is 3.35. The van der Waals surface area contributed by atoms with Gasteiger partial charge in [0.2, 0.25) is 0 Å². The summed E-state index contributed by atoms with van der Waals surface area (Å²) in [6.45, 7) is 6.21. The van der Waals surface area contributed by atoms with Crippen LogP contribution < -0.4 is 5.19 Å². The van der Waals surface area contributed by atoms with Gasteiger partial charge in [0.05, 0.1) is 0 Å². The zero-order valence-corrected chi connectivity index (χ0v) is 10.4. The van der Waals surface area contributed by atoms with Crippen molar-refractivity contribution in [2.24, 2.45) is 5.41 Å². The Labute approximate surface area is 91.4 Å². The zero-order chi connectivity index (χ0) is 11.7. The number of rotatable bonds is 2. The summed E-state index contributed by atoms with van der Waals surface area (Å²) in [6.07, 6.45) is 0.708. The molecule has 4 heteroatoms. The van der Waals surface area contributed by atoms with Crippen LogP contribution in [0, 0.1) is 5.41 Å². The topological polar surface area (TPSA) is 60.7 Å². The maximum atomic E-state index is 9.32. The summed E-state index contributed by atoms with van der Waals surface area (Å²) in [4.78, 5) is 27.9. The van der Waals surface area contributed by atoms with Crippen LogP contribution in [0.4, 0.5) is 0 Å². The molecule has 1 aromatic carbocycles. The first-order valence-electron chi connectivity index (χ1n) is 4.96. The van der Waals surface area contributed by atoms with Gasteiger partial charge in [-0.15, -0.1) is 0 Å². The van der Waals surface area contributed by atoms with Gasteiger partial charge in [-0.25, -0.2) is 0 Å². The zero-order valence-electron chi connectivity index (χ0n) is 9.36. The van der Waals surface area contributed by atoms with E-state index >= 15 is 0 Å². The van der Waals surface area contributed by atoms with Gasteiger partial charge < -0.3 is 14.4 Å². The molecule has 0 aliphatic heterocycles. The van der Waals surface area contributed by atoms with Gasteiger partial charge in [-0.3, -0.25) is 0 Å². The van der Waals surface area contributed by atoms with Crippen LogP contribution in [0.2, 0.25) is 0 Å². The van der Waals surface area contributed by atoms with Gasteiger partial charge in [0, 0.05) is 5.19 Å². The quantitative estimate of drug-likeness (QED) is 0.640. The molecule has 0 radical (unpaired) electrons. The molecule has 0 atom stereocenters. The standard InChI is InChI=1S/C11H18O3Si/c1-11(2,3)8-9-6-4-5-7-10(9)15(12,13)14/h4-7,12-14H,8H2,1-3H3. The van der Waals surface area contributed by atoms with Crippen molar-refractivity contribution in [2.75, 3.05) is 0 Å². The van der Waals surface area contributed by atoms with Crippen molar-refractivity contribution in [2.45, 2.75) is 27.2 Å². The van der Waals surface area contributed by atoms with Crippen LogP contribution in [-0.2, 0) is 6.42 Å². The minimum absolute atomic E-state index is 0.0513. The SMILES string of the molecule is CC(C)(C)Cc1ccccc1[Si](O)(O)O. The average molecular weight is 226 g/mol. The van der Waals surface area contributed by atoms with Crippen molar-refractivity contribution >= 4 is 14.0 Å². The Balaban J connectivity index is 3.08. The molecule has 0 saturated carbocycles. The lowest BCUT2D eigenvalue weighted by Crippen LogP contribution is -2.50. The Morgan fingerprint density at radius 2 is 1.60 bits per heavy atom. The van der Waals surface area contributed by atoms with E-state index in [1.54, 1.807) is 12.1 Å². The van der Waals surface area contributed by atoms with Crippen molar-refractivity contribution in [1.82, 2.24) is 0 Å². The van der Waals surface area contributed by atoms with Crippen molar-refractivity contribution < 1.29 is 14.4 Å². The first kappa shape index (κ1) is 12.4. The van der Waals surface area contributed by atoms with Crippen molar-refractivity contribution in [1.29, 1.82) is 0 Å². The van der Waals surface area contributed by atoms with E-state index in [1.165, 1.54) is 0 Å². The molecule has 1 aromatic rings. The molecule has 15 heavy (non-hydrogen) atoms. The Morgan fingerprint density at radius 3 is 2.07 bits per heavy atom. The second-order valence-electron chi connectivity index (χ2n) is 5.03. The summed E-state index contributed by atoms with van der Waals surface area (Å²) in [6, 6.07) is 6.94. The maximum absolute atomic E-state index is 9.32. The molecule has 0 heterocycles. The van der Waals surface area contributed by atoms with Gasteiger partial charge in [0.25, 0.3) is 0 Å². The van der Waals surface area contributed by atoms with Crippen molar-refractivity contribution in [3.05, 3.63) is 29.8 Å². The lowest BCUT2D eigenvalue weighted by molar-refractivity contribution is 0.249. The van der Waals surface area contributed by atoms with Gasteiger partial charge in [-0.1, -0.05) is 45.0 Å². The summed E-state index contributed by atoms with van der Waals surface area (Å²) in [5.41, 5.74) is 0.861. The van der Waals surface area contributed by atoms with Gasteiger partial charge in [-0.2, -0.15) is 0 Å². The van der Waals surface area contributed by atoms with Crippen molar-refractivity contribution in [3.63, 3.8) is 0 Å². The van der Waals surface area contributed by atoms with Crippen LogP contribution in [0.15, 0.2) is 24.3 Å².